The minimum Gasteiger partial charge on any atom is -0.463 e. The lowest BCUT2D eigenvalue weighted by molar-refractivity contribution is 0.0760. The molecule has 136 valence electrons. The highest BCUT2D eigenvalue weighted by atomic mass is 32.2. The van der Waals surface area contributed by atoms with E-state index in [9.17, 15) is 13.2 Å². The Morgan fingerprint density at radius 1 is 1.31 bits per heavy atom. The Hall–Kier alpha value is -2.39. The molecule has 1 atom stereocenters. The lowest BCUT2D eigenvalue weighted by atomic mass is 10.2. The molecule has 1 saturated heterocycles. The molecule has 7 nitrogen and oxygen atoms in total. The van der Waals surface area contributed by atoms with Crippen molar-refractivity contribution in [2.75, 3.05) is 18.8 Å². The van der Waals surface area contributed by atoms with E-state index in [0.29, 0.717) is 24.4 Å². The molecule has 1 aliphatic heterocycles. The molecule has 1 N–H and O–H groups in total. The van der Waals surface area contributed by atoms with Crippen LogP contribution in [0.25, 0.3) is 11.5 Å². The summed E-state index contributed by atoms with van der Waals surface area (Å²) in [5.41, 5.74) is 0.862. The summed E-state index contributed by atoms with van der Waals surface area (Å²) in [5, 5.41) is 8.17. The number of nitrogens with one attached hydrogen (secondary N) is 1. The molecule has 4 heterocycles. The molecular weight excluding hydrogens is 374 g/mol. The van der Waals surface area contributed by atoms with Crippen LogP contribution >= 0.6 is 11.3 Å². The van der Waals surface area contributed by atoms with Crippen LogP contribution in [0.5, 0.6) is 0 Å². The Morgan fingerprint density at radius 3 is 2.92 bits per heavy atom. The van der Waals surface area contributed by atoms with E-state index < -0.39 is 15.1 Å². The first-order valence-corrected chi connectivity index (χ1v) is 10.8. The number of carbonyl (C=O) groups excluding carboxylic acids is 1. The summed E-state index contributed by atoms with van der Waals surface area (Å²) in [7, 11) is -3.29. The smallest absolute Gasteiger partial charge is 0.274 e. The van der Waals surface area contributed by atoms with Crippen molar-refractivity contribution in [3.05, 3.63) is 52.5 Å². The molecule has 0 radical (unpaired) electrons. The standard InChI is InChI=1S/C17H17N3O4S2/c21-17(13-11-12(18-19-13)14-3-1-8-24-14)20-6-5-16(15-4-2-9-25-15)26(22,23)10-7-20/h1-4,8-9,11,16H,5-7,10H2,(H,18,19). The largest absolute Gasteiger partial charge is 0.463 e. The lowest BCUT2D eigenvalue weighted by Gasteiger charge is -2.18. The third-order valence-electron chi connectivity index (χ3n) is 4.47. The molecule has 26 heavy (non-hydrogen) atoms. The zero-order chi connectivity index (χ0) is 18.1. The Bertz CT molecular complexity index is 991. The number of sulfone groups is 1. The quantitative estimate of drug-likeness (QED) is 0.740. The van der Waals surface area contributed by atoms with Gasteiger partial charge in [0.2, 0.25) is 0 Å². The van der Waals surface area contributed by atoms with Gasteiger partial charge < -0.3 is 9.32 Å². The van der Waals surface area contributed by atoms with Crippen LogP contribution in [0.3, 0.4) is 0 Å². The average Bonchev–Trinajstić information content (AvgIpc) is 3.37. The molecule has 0 spiro atoms. The first-order valence-electron chi connectivity index (χ1n) is 8.18. The van der Waals surface area contributed by atoms with Gasteiger partial charge in [-0.05, 0) is 30.0 Å². The van der Waals surface area contributed by atoms with Gasteiger partial charge in [0.15, 0.2) is 21.3 Å². The van der Waals surface area contributed by atoms with Gasteiger partial charge in [0.1, 0.15) is 5.69 Å². The summed E-state index contributed by atoms with van der Waals surface area (Å²) in [6, 6.07) is 8.84. The topological polar surface area (TPSA) is 96.3 Å². The summed E-state index contributed by atoms with van der Waals surface area (Å²) in [6.07, 6.45) is 1.94. The van der Waals surface area contributed by atoms with E-state index in [0.717, 1.165) is 4.88 Å². The Morgan fingerprint density at radius 2 is 2.19 bits per heavy atom. The molecule has 0 saturated carbocycles. The van der Waals surface area contributed by atoms with E-state index in [1.807, 2.05) is 17.5 Å². The van der Waals surface area contributed by atoms with Crippen LogP contribution in [-0.2, 0) is 9.84 Å². The molecule has 4 rings (SSSR count). The van der Waals surface area contributed by atoms with Gasteiger partial charge >= 0.3 is 0 Å². The zero-order valence-corrected chi connectivity index (χ0v) is 15.4. The molecular formula is C17H17N3O4S2. The van der Waals surface area contributed by atoms with Gasteiger partial charge in [0.05, 0.1) is 17.3 Å². The second-order valence-corrected chi connectivity index (χ2v) is 9.38. The van der Waals surface area contributed by atoms with Crippen LogP contribution in [0.1, 0.15) is 27.0 Å². The van der Waals surface area contributed by atoms with E-state index in [-0.39, 0.29) is 23.9 Å². The van der Waals surface area contributed by atoms with Gasteiger partial charge in [0.25, 0.3) is 5.91 Å². The predicted molar refractivity (Wildman–Crippen MR) is 97.7 cm³/mol. The van der Waals surface area contributed by atoms with Gasteiger partial charge in [-0.1, -0.05) is 6.07 Å². The maximum Gasteiger partial charge on any atom is 0.274 e. The highest BCUT2D eigenvalue weighted by Gasteiger charge is 2.34. The van der Waals surface area contributed by atoms with Crippen LogP contribution in [0.4, 0.5) is 0 Å². The number of nitrogens with zero attached hydrogens (tertiary/aromatic N) is 2. The van der Waals surface area contributed by atoms with Crippen LogP contribution in [-0.4, -0.2) is 48.3 Å². The SMILES string of the molecule is O=C(c1cc(-c2ccco2)[nH]n1)N1CCC(c2cccs2)S(=O)(=O)CC1. The van der Waals surface area contributed by atoms with Crippen LogP contribution in [0.2, 0.25) is 0 Å². The van der Waals surface area contributed by atoms with Crippen molar-refractivity contribution in [2.24, 2.45) is 0 Å². The van der Waals surface area contributed by atoms with Crippen molar-refractivity contribution in [2.45, 2.75) is 11.7 Å². The Labute approximate surface area is 154 Å². The van der Waals surface area contributed by atoms with Gasteiger partial charge in [-0.2, -0.15) is 5.10 Å². The van der Waals surface area contributed by atoms with E-state index in [2.05, 4.69) is 10.2 Å². The number of H-pyrrole nitrogens is 1. The second kappa shape index (κ2) is 6.73. The summed E-state index contributed by atoms with van der Waals surface area (Å²) in [4.78, 5) is 15.2. The second-order valence-electron chi connectivity index (χ2n) is 6.10. The minimum atomic E-state index is -3.29. The number of aromatic nitrogens is 2. The van der Waals surface area contributed by atoms with Gasteiger partial charge in [-0.15, -0.1) is 11.3 Å². The van der Waals surface area contributed by atoms with Crippen LogP contribution in [0.15, 0.2) is 46.4 Å². The van der Waals surface area contributed by atoms with E-state index in [1.54, 1.807) is 29.4 Å². The molecule has 0 aromatic carbocycles. The maximum absolute atomic E-state index is 12.8. The normalized spacial score (nSPS) is 20.0. The van der Waals surface area contributed by atoms with Crippen molar-refractivity contribution >= 4 is 27.1 Å². The van der Waals surface area contributed by atoms with Crippen molar-refractivity contribution in [3.63, 3.8) is 0 Å². The highest BCUT2D eigenvalue weighted by Crippen LogP contribution is 2.32. The zero-order valence-electron chi connectivity index (χ0n) is 13.8. The molecule has 0 bridgehead atoms. The lowest BCUT2D eigenvalue weighted by Crippen LogP contribution is -2.33. The van der Waals surface area contributed by atoms with Gasteiger partial charge in [-0.25, -0.2) is 8.42 Å². The highest BCUT2D eigenvalue weighted by molar-refractivity contribution is 7.91. The number of rotatable bonds is 3. The van der Waals surface area contributed by atoms with Crippen LogP contribution < -0.4 is 0 Å². The third kappa shape index (κ3) is 3.19. The fourth-order valence-electron chi connectivity index (χ4n) is 3.09. The Kier molecular flexibility index (Phi) is 4.41. The van der Waals surface area contributed by atoms with E-state index in [4.69, 9.17) is 4.42 Å². The third-order valence-corrected chi connectivity index (χ3v) is 7.72. The average molecular weight is 391 g/mol. The molecule has 1 unspecified atom stereocenters. The molecule has 0 aliphatic carbocycles. The Balaban J connectivity index is 1.53. The van der Waals surface area contributed by atoms with Gasteiger partial charge in [0, 0.05) is 24.0 Å². The van der Waals surface area contributed by atoms with E-state index in [1.165, 1.54) is 11.3 Å². The number of furan rings is 1. The summed E-state index contributed by atoms with van der Waals surface area (Å²) in [6.45, 7) is 0.551. The van der Waals surface area contributed by atoms with Crippen molar-refractivity contribution < 1.29 is 17.6 Å². The predicted octanol–water partition coefficient (Wildman–Crippen LogP) is 2.73. The number of amides is 1. The monoisotopic (exact) mass is 391 g/mol. The van der Waals surface area contributed by atoms with Crippen molar-refractivity contribution in [3.8, 4) is 11.5 Å². The van der Waals surface area contributed by atoms with Crippen molar-refractivity contribution in [1.82, 2.24) is 15.1 Å². The number of hydrogen-bond donors (Lipinski definition) is 1. The number of hydrogen-bond acceptors (Lipinski definition) is 6. The summed E-state index contributed by atoms with van der Waals surface area (Å²) >= 11 is 1.44. The number of carbonyl (C=O) groups is 1. The van der Waals surface area contributed by atoms with Gasteiger partial charge in [-0.3, -0.25) is 9.89 Å². The number of thiophene rings is 1. The minimum absolute atomic E-state index is 0.0449. The molecule has 9 heteroatoms. The first-order chi connectivity index (χ1) is 12.5. The fraction of sp³-hybridized carbons (Fsp3) is 0.294. The van der Waals surface area contributed by atoms with E-state index >= 15 is 0 Å². The van der Waals surface area contributed by atoms with Crippen LogP contribution in [0, 0.1) is 0 Å². The fourth-order valence-corrected chi connectivity index (χ4v) is 6.10. The maximum atomic E-state index is 12.8. The first kappa shape index (κ1) is 17.0. The number of aromatic amines is 1. The molecule has 3 aromatic rings. The molecule has 3 aromatic heterocycles. The summed E-state index contributed by atoms with van der Waals surface area (Å²) < 4.78 is 30.5. The summed E-state index contributed by atoms with van der Waals surface area (Å²) in [5.74, 6) is 0.269. The molecule has 1 amide bonds. The molecule has 1 aliphatic rings. The molecule has 1 fully saturated rings. The van der Waals surface area contributed by atoms with Crippen molar-refractivity contribution in [1.29, 1.82) is 0 Å².